The molecule has 2 aromatic carbocycles. The molecule has 1 fully saturated rings. The molecule has 2 aromatic heterocycles. The smallest absolute Gasteiger partial charge is 0.352 e. The summed E-state index contributed by atoms with van der Waals surface area (Å²) in [5, 5.41) is 46.0. The Hall–Kier alpha value is -4.65. The number of nitrogens with zero attached hydrogens (tertiary/aromatic N) is 5. The molecular weight excluding hydrogens is 675 g/mol. The number of carboxylic acids is 1. The van der Waals surface area contributed by atoms with E-state index in [1.165, 1.54) is 51.9 Å². The van der Waals surface area contributed by atoms with Crippen molar-refractivity contribution in [1.82, 2.24) is 25.4 Å². The highest BCUT2D eigenvalue weighted by Crippen LogP contribution is 2.42. The molecule has 0 saturated carbocycles. The number of carboxylic acid groups (broad SMARTS) is 1. The minimum absolute atomic E-state index is 0.0954. The Balaban J connectivity index is 1.13. The van der Waals surface area contributed by atoms with Crippen LogP contribution in [-0.4, -0.2) is 81.8 Å². The molecule has 14 nitrogen and oxygen atoms in total. The van der Waals surface area contributed by atoms with Crippen LogP contribution < -0.4 is 11.1 Å². The molecule has 6 N–H and O–H groups in total. The Kier molecular flexibility index (Phi) is 9.11. The van der Waals surface area contributed by atoms with E-state index in [-0.39, 0.29) is 46.1 Å². The molecule has 2 atom stereocenters. The monoisotopic (exact) mass is 697 g/mol. The number of phenolic OH excluding ortho intramolecular Hbond substituents is 2. The van der Waals surface area contributed by atoms with Crippen LogP contribution in [0.15, 0.2) is 74.7 Å². The number of aliphatic carboxylic acids is 1. The number of rotatable bonds is 11. The molecule has 2 aliphatic heterocycles. The molecule has 0 aliphatic carbocycles. The molecule has 2 aliphatic rings. The number of nitrogens with two attached hydrogens (primary N) is 1. The van der Waals surface area contributed by atoms with Crippen LogP contribution in [-0.2, 0) is 25.8 Å². The first-order chi connectivity index (χ1) is 22.2. The van der Waals surface area contributed by atoms with E-state index in [1.54, 1.807) is 11.4 Å². The van der Waals surface area contributed by atoms with E-state index in [0.717, 1.165) is 16.9 Å². The number of fused-ring (bicyclic) bond motifs is 1. The Bertz CT molecular complexity index is 1880. The number of thiazole rings is 1. The number of anilines is 1. The van der Waals surface area contributed by atoms with Gasteiger partial charge in [0.1, 0.15) is 34.4 Å². The number of aromatic hydroxyl groups is 2. The van der Waals surface area contributed by atoms with Gasteiger partial charge in [0.05, 0.1) is 0 Å². The van der Waals surface area contributed by atoms with Gasteiger partial charge in [0, 0.05) is 22.4 Å². The number of hydrogen-bond donors (Lipinski definition) is 5. The van der Waals surface area contributed by atoms with E-state index >= 15 is 0 Å². The molecule has 0 spiro atoms. The lowest BCUT2D eigenvalue weighted by atomic mass is 10.0. The van der Waals surface area contributed by atoms with Crippen molar-refractivity contribution in [3.63, 3.8) is 0 Å². The van der Waals surface area contributed by atoms with Crippen LogP contribution in [0, 0.1) is 0 Å². The highest BCUT2D eigenvalue weighted by atomic mass is 32.2. The van der Waals surface area contributed by atoms with Gasteiger partial charge in [-0.15, -0.1) is 33.3 Å². The summed E-state index contributed by atoms with van der Waals surface area (Å²) in [6.45, 7) is 0.0954. The lowest BCUT2D eigenvalue weighted by Crippen LogP contribution is -2.71. The molecule has 236 valence electrons. The quantitative estimate of drug-likeness (QED) is 0.0502. The first-order valence-corrected chi connectivity index (χ1v) is 17.1. The number of β-lactam (4-membered cyclic amide) rings is 1. The van der Waals surface area contributed by atoms with Crippen molar-refractivity contribution in [1.29, 1.82) is 0 Å². The summed E-state index contributed by atoms with van der Waals surface area (Å²) < 4.78 is 0.552. The number of aromatic nitrogens is 3. The highest BCUT2D eigenvalue weighted by Gasteiger charge is 2.54. The van der Waals surface area contributed by atoms with Gasteiger partial charge in [-0.05, 0) is 29.3 Å². The van der Waals surface area contributed by atoms with Crippen LogP contribution in [0.25, 0.3) is 10.6 Å². The summed E-state index contributed by atoms with van der Waals surface area (Å²) in [4.78, 5) is 49.7. The lowest BCUT2D eigenvalue weighted by Gasteiger charge is -2.49. The van der Waals surface area contributed by atoms with Crippen molar-refractivity contribution in [2.24, 2.45) is 5.16 Å². The van der Waals surface area contributed by atoms with E-state index in [2.05, 4.69) is 25.7 Å². The predicted molar refractivity (Wildman–Crippen MR) is 173 cm³/mol. The first-order valence-electron chi connectivity index (χ1n) is 13.3. The van der Waals surface area contributed by atoms with Crippen LogP contribution in [0.4, 0.5) is 5.13 Å². The van der Waals surface area contributed by atoms with Crippen molar-refractivity contribution >= 4 is 74.8 Å². The fraction of sp³-hybridized carbons (Fsp3) is 0.179. The Morgan fingerprint density at radius 2 is 1.96 bits per heavy atom. The fourth-order valence-corrected chi connectivity index (χ4v) is 8.42. The van der Waals surface area contributed by atoms with Gasteiger partial charge in [0.2, 0.25) is 0 Å². The van der Waals surface area contributed by atoms with Crippen LogP contribution in [0.5, 0.6) is 11.5 Å². The second-order valence-corrected chi connectivity index (χ2v) is 13.9. The van der Waals surface area contributed by atoms with Gasteiger partial charge >= 0.3 is 5.97 Å². The maximum Gasteiger partial charge on any atom is 0.352 e. The number of nitrogens with one attached hydrogen (secondary N) is 1. The molecule has 46 heavy (non-hydrogen) atoms. The van der Waals surface area contributed by atoms with Gasteiger partial charge in [-0.25, -0.2) is 9.78 Å². The van der Waals surface area contributed by atoms with E-state index in [0.29, 0.717) is 26.2 Å². The molecule has 0 radical (unpaired) electrons. The number of benzene rings is 2. The zero-order valence-corrected chi connectivity index (χ0v) is 26.7. The van der Waals surface area contributed by atoms with Crippen LogP contribution in [0.3, 0.4) is 0 Å². The number of thioether (sulfide) groups is 2. The van der Waals surface area contributed by atoms with Crippen LogP contribution >= 0.6 is 46.2 Å². The average molecular weight is 698 g/mol. The average Bonchev–Trinajstić information content (AvgIpc) is 3.71. The standard InChI is InChI=1S/C28H23N7O7S4/c29-27-30-16(12-44-27)19(34-42-9-13-4-2-1-3-5-13)22(38)31-20-24(39)35-21(26(40)41)15(10-43-25(20)35)11-45-28-33-32-23(46-28)14-6-7-17(36)18(37)8-14/h1-8,12,20,25,36-37H,9-11H2,(H2,29,30)(H,31,38)(H,40,41)/b34-19-/t20-,25-/m1/s1. The van der Waals surface area contributed by atoms with E-state index in [4.69, 9.17) is 10.6 Å². The molecule has 4 heterocycles. The zero-order chi connectivity index (χ0) is 32.4. The number of amides is 2. The number of nitrogen functional groups attached to an aromatic ring is 1. The second-order valence-electron chi connectivity index (χ2n) is 9.75. The molecule has 0 bridgehead atoms. The van der Waals surface area contributed by atoms with Gasteiger partial charge in [0.25, 0.3) is 11.8 Å². The van der Waals surface area contributed by atoms with Gasteiger partial charge in [-0.3, -0.25) is 14.5 Å². The summed E-state index contributed by atoms with van der Waals surface area (Å²) in [7, 11) is 0. The van der Waals surface area contributed by atoms with E-state index < -0.39 is 29.2 Å². The summed E-state index contributed by atoms with van der Waals surface area (Å²) in [6, 6.07) is 12.5. The number of hydrogen-bond acceptors (Lipinski definition) is 15. The number of oxime groups is 1. The van der Waals surface area contributed by atoms with E-state index in [1.807, 2.05) is 30.3 Å². The largest absolute Gasteiger partial charge is 0.504 e. The number of carbonyl (C=O) groups is 3. The van der Waals surface area contributed by atoms with Crippen molar-refractivity contribution in [3.05, 3.63) is 76.4 Å². The minimum atomic E-state index is -1.26. The van der Waals surface area contributed by atoms with E-state index in [9.17, 15) is 29.7 Å². The highest BCUT2D eigenvalue weighted by molar-refractivity contribution is 8.01. The van der Waals surface area contributed by atoms with Gasteiger partial charge < -0.3 is 31.2 Å². The molecule has 18 heteroatoms. The van der Waals surface area contributed by atoms with Crippen molar-refractivity contribution < 1.29 is 34.5 Å². The molecule has 1 saturated heterocycles. The summed E-state index contributed by atoms with van der Waals surface area (Å²) in [5.74, 6) is -2.54. The molecule has 4 aromatic rings. The molecule has 2 amide bonds. The Labute approximate surface area is 277 Å². The molecule has 0 unspecified atom stereocenters. The normalized spacial score (nSPS) is 17.8. The molecule has 6 rings (SSSR count). The maximum absolute atomic E-state index is 13.3. The number of phenols is 2. The molecular formula is C28H23N7O7S4. The minimum Gasteiger partial charge on any atom is -0.504 e. The summed E-state index contributed by atoms with van der Waals surface area (Å²) in [5.41, 5.74) is 7.57. The van der Waals surface area contributed by atoms with Gasteiger partial charge in [0.15, 0.2) is 26.7 Å². The third-order valence-electron chi connectivity index (χ3n) is 6.74. The fourth-order valence-electron chi connectivity index (χ4n) is 4.54. The van der Waals surface area contributed by atoms with Gasteiger partial charge in [-0.1, -0.05) is 58.6 Å². The Morgan fingerprint density at radius 1 is 1.15 bits per heavy atom. The summed E-state index contributed by atoms with van der Waals surface area (Å²) >= 11 is 4.95. The topological polar surface area (TPSA) is 213 Å². The van der Waals surface area contributed by atoms with Crippen LogP contribution in [0.2, 0.25) is 0 Å². The number of carbonyl (C=O) groups excluding carboxylic acids is 2. The third kappa shape index (κ3) is 6.50. The summed E-state index contributed by atoms with van der Waals surface area (Å²) in [6.07, 6.45) is 0. The van der Waals surface area contributed by atoms with Crippen molar-refractivity contribution in [2.75, 3.05) is 17.2 Å². The predicted octanol–water partition coefficient (Wildman–Crippen LogP) is 3.11. The van der Waals surface area contributed by atoms with Crippen LogP contribution in [0.1, 0.15) is 11.3 Å². The lowest BCUT2D eigenvalue weighted by molar-refractivity contribution is -0.150. The zero-order valence-electron chi connectivity index (χ0n) is 23.4. The van der Waals surface area contributed by atoms with Crippen molar-refractivity contribution in [2.45, 2.75) is 22.4 Å². The van der Waals surface area contributed by atoms with Crippen molar-refractivity contribution in [3.8, 4) is 22.1 Å². The van der Waals surface area contributed by atoms with Gasteiger partial charge in [-0.2, -0.15) is 0 Å². The second kappa shape index (κ2) is 13.4. The third-order valence-corrected chi connectivity index (χ3v) is 11.0. The maximum atomic E-state index is 13.3. The first kappa shape index (κ1) is 31.3. The Morgan fingerprint density at radius 3 is 2.67 bits per heavy atom. The SMILES string of the molecule is Nc1nc(/C(=N/OCc2ccccc2)C(=O)N[C@@H]2C(=O)N3C(C(=O)O)=C(CSc4nnc(-c5ccc(O)c(O)c5)s4)CS[C@H]23)cs1.